The van der Waals surface area contributed by atoms with Gasteiger partial charge in [-0.2, -0.15) is 0 Å². The topological polar surface area (TPSA) is 143 Å². The molecule has 2 aliphatic rings. The summed E-state index contributed by atoms with van der Waals surface area (Å²) in [6.07, 6.45) is -3.90. The summed E-state index contributed by atoms with van der Waals surface area (Å²) in [6, 6.07) is -1.80. The van der Waals surface area contributed by atoms with Crippen molar-refractivity contribution in [1.29, 1.82) is 0 Å². The van der Waals surface area contributed by atoms with E-state index < -0.39 is 60.1 Å². The monoisotopic (exact) mass is 422 g/mol. The number of carbonyl (C=O) groups is 1. The third kappa shape index (κ3) is 4.81. The summed E-state index contributed by atoms with van der Waals surface area (Å²) < 4.78 is 5.68. The Bertz CT molecular complexity index is 524. The molecule has 0 aromatic carbocycles. The van der Waals surface area contributed by atoms with Crippen LogP contribution >= 0.6 is 11.8 Å². The lowest BCUT2D eigenvalue weighted by Crippen LogP contribution is -2.66. The van der Waals surface area contributed by atoms with E-state index in [-0.39, 0.29) is 5.92 Å². The molecule has 2 heterocycles. The van der Waals surface area contributed by atoms with E-state index in [4.69, 9.17) is 4.74 Å². The van der Waals surface area contributed by atoms with Crippen molar-refractivity contribution in [2.45, 2.75) is 80.8 Å². The SMILES string of the molecule is CCC[C@H]1CN(C)[C@H](C(=O)N[C@@H]([C@H]2O[C@H](SC)[C@H](O)[C@@H](O)[C@H]2O)[C@@H](C)O)C1O. The number of nitrogens with zero attached hydrogens (tertiary/aromatic N) is 1. The van der Waals surface area contributed by atoms with E-state index in [0.717, 1.165) is 24.6 Å². The maximum absolute atomic E-state index is 12.9. The van der Waals surface area contributed by atoms with Crippen molar-refractivity contribution in [2.24, 2.45) is 5.92 Å². The number of hydrogen-bond acceptors (Lipinski definition) is 9. The number of carbonyl (C=O) groups excluding carboxylic acids is 1. The van der Waals surface area contributed by atoms with Crippen LogP contribution in [0.1, 0.15) is 26.7 Å². The van der Waals surface area contributed by atoms with Crippen molar-refractivity contribution in [3.8, 4) is 0 Å². The number of likely N-dealkylation sites (N-methyl/N-ethyl adjacent to an activating group) is 1. The van der Waals surface area contributed by atoms with Gasteiger partial charge in [-0.1, -0.05) is 13.3 Å². The molecule has 164 valence electrons. The summed E-state index contributed by atoms with van der Waals surface area (Å²) >= 11 is 1.16. The van der Waals surface area contributed by atoms with E-state index in [0.29, 0.717) is 6.54 Å². The van der Waals surface area contributed by atoms with E-state index in [1.54, 1.807) is 18.2 Å². The second-order valence-electron chi connectivity index (χ2n) is 7.88. The molecule has 0 saturated carbocycles. The molecule has 10 heteroatoms. The number of likely N-dealkylation sites (tertiary alicyclic amines) is 1. The normalized spacial score (nSPS) is 41.6. The van der Waals surface area contributed by atoms with E-state index in [1.165, 1.54) is 6.92 Å². The molecular formula is C18H34N2O7S. The molecule has 0 aromatic rings. The summed E-state index contributed by atoms with van der Waals surface area (Å²) in [7, 11) is 1.76. The molecule has 2 fully saturated rings. The molecule has 2 rings (SSSR count). The average Bonchev–Trinajstić information content (AvgIpc) is 2.92. The van der Waals surface area contributed by atoms with Gasteiger partial charge in [0.2, 0.25) is 5.91 Å². The number of amides is 1. The third-order valence-corrected chi connectivity index (χ3v) is 6.61. The standard InChI is InChI=1S/C18H34N2O7S/c1-5-6-9-7-20(3)11(12(9)22)17(26)19-10(8(2)21)16-14(24)13(23)15(25)18(27-16)28-4/h8-16,18,21-25H,5-7H2,1-4H3,(H,19,26)/t8-,9+,10-,11+,12?,13+,14-,15-,16-,18-/m1/s1. The molecule has 2 saturated heterocycles. The van der Waals surface area contributed by atoms with Gasteiger partial charge in [-0.3, -0.25) is 9.69 Å². The summed E-state index contributed by atoms with van der Waals surface area (Å²) in [4.78, 5) is 14.7. The fourth-order valence-corrected chi connectivity index (χ4v) is 4.87. The second-order valence-corrected chi connectivity index (χ2v) is 8.81. The minimum absolute atomic E-state index is 0.00916. The van der Waals surface area contributed by atoms with Gasteiger partial charge in [0, 0.05) is 6.54 Å². The molecule has 0 radical (unpaired) electrons. The van der Waals surface area contributed by atoms with E-state index in [1.807, 2.05) is 6.92 Å². The predicted octanol–water partition coefficient (Wildman–Crippen LogP) is -1.89. The van der Waals surface area contributed by atoms with Crippen molar-refractivity contribution >= 4 is 17.7 Å². The average molecular weight is 423 g/mol. The zero-order valence-electron chi connectivity index (χ0n) is 16.8. The molecule has 0 spiro atoms. The number of ether oxygens (including phenoxy) is 1. The van der Waals surface area contributed by atoms with Crippen LogP contribution < -0.4 is 5.32 Å². The van der Waals surface area contributed by atoms with Crippen LogP contribution in [0.15, 0.2) is 0 Å². The van der Waals surface area contributed by atoms with Crippen LogP contribution in [0.2, 0.25) is 0 Å². The van der Waals surface area contributed by atoms with Gasteiger partial charge in [0.25, 0.3) is 0 Å². The van der Waals surface area contributed by atoms with E-state index in [2.05, 4.69) is 5.32 Å². The lowest BCUT2D eigenvalue weighted by atomic mass is 9.91. The number of aliphatic hydroxyl groups excluding tert-OH is 5. The Hall–Kier alpha value is -0.460. The van der Waals surface area contributed by atoms with Gasteiger partial charge in [0.1, 0.15) is 35.9 Å². The Morgan fingerprint density at radius 2 is 1.86 bits per heavy atom. The van der Waals surface area contributed by atoms with Gasteiger partial charge >= 0.3 is 0 Å². The fraction of sp³-hybridized carbons (Fsp3) is 0.944. The molecule has 9 nitrogen and oxygen atoms in total. The molecule has 1 amide bonds. The van der Waals surface area contributed by atoms with Crippen molar-refractivity contribution in [3.05, 3.63) is 0 Å². The Morgan fingerprint density at radius 3 is 2.39 bits per heavy atom. The van der Waals surface area contributed by atoms with Crippen LogP contribution in [0.3, 0.4) is 0 Å². The fourth-order valence-electron chi connectivity index (χ4n) is 4.19. The molecule has 6 N–H and O–H groups in total. The molecular weight excluding hydrogens is 388 g/mol. The van der Waals surface area contributed by atoms with Crippen LogP contribution in [0.4, 0.5) is 0 Å². The van der Waals surface area contributed by atoms with Crippen LogP contribution in [0, 0.1) is 5.92 Å². The zero-order chi connectivity index (χ0) is 21.2. The number of thioether (sulfide) groups is 1. The Kier molecular flexibility index (Phi) is 8.53. The Morgan fingerprint density at radius 1 is 1.21 bits per heavy atom. The predicted molar refractivity (Wildman–Crippen MR) is 105 cm³/mol. The third-order valence-electron chi connectivity index (χ3n) is 5.75. The van der Waals surface area contributed by atoms with Crippen molar-refractivity contribution in [3.63, 3.8) is 0 Å². The smallest absolute Gasteiger partial charge is 0.240 e. The molecule has 2 aliphatic heterocycles. The first-order valence-electron chi connectivity index (χ1n) is 9.73. The first-order chi connectivity index (χ1) is 13.1. The summed E-state index contributed by atoms with van der Waals surface area (Å²) in [6.45, 7) is 4.06. The minimum Gasteiger partial charge on any atom is -0.391 e. The Labute approximate surface area is 170 Å². The van der Waals surface area contributed by atoms with Gasteiger partial charge in [-0.15, -0.1) is 11.8 Å². The van der Waals surface area contributed by atoms with Gasteiger partial charge < -0.3 is 35.6 Å². The largest absolute Gasteiger partial charge is 0.391 e. The van der Waals surface area contributed by atoms with Crippen LogP contribution in [0.25, 0.3) is 0 Å². The van der Waals surface area contributed by atoms with Gasteiger partial charge in [-0.25, -0.2) is 0 Å². The summed E-state index contributed by atoms with van der Waals surface area (Å²) in [5.41, 5.74) is -0.810. The van der Waals surface area contributed by atoms with Crippen LogP contribution in [-0.2, 0) is 9.53 Å². The first kappa shape index (κ1) is 23.8. The van der Waals surface area contributed by atoms with Gasteiger partial charge in [0.15, 0.2) is 0 Å². The highest BCUT2D eigenvalue weighted by Gasteiger charge is 2.49. The van der Waals surface area contributed by atoms with Crippen molar-refractivity contribution in [2.75, 3.05) is 19.8 Å². The van der Waals surface area contributed by atoms with Crippen molar-refractivity contribution < 1.29 is 35.1 Å². The Balaban J connectivity index is 2.15. The molecule has 1 unspecified atom stereocenters. The molecule has 0 aromatic heterocycles. The van der Waals surface area contributed by atoms with Crippen LogP contribution in [0.5, 0.6) is 0 Å². The summed E-state index contributed by atoms with van der Waals surface area (Å²) in [5.74, 6) is -0.485. The molecule has 0 aliphatic carbocycles. The second kappa shape index (κ2) is 10.0. The van der Waals surface area contributed by atoms with Crippen molar-refractivity contribution in [1.82, 2.24) is 10.2 Å². The van der Waals surface area contributed by atoms with Crippen LogP contribution in [-0.4, -0.2) is 110 Å². The maximum atomic E-state index is 12.9. The highest BCUT2D eigenvalue weighted by molar-refractivity contribution is 7.99. The number of rotatable bonds is 7. The molecule has 0 bridgehead atoms. The first-order valence-corrected chi connectivity index (χ1v) is 11.0. The zero-order valence-corrected chi connectivity index (χ0v) is 17.6. The quantitative estimate of drug-likeness (QED) is 0.278. The lowest BCUT2D eigenvalue weighted by molar-refractivity contribution is -0.211. The highest BCUT2D eigenvalue weighted by atomic mass is 32.2. The minimum atomic E-state index is -1.49. The summed E-state index contributed by atoms with van der Waals surface area (Å²) in [5, 5.41) is 54.0. The van der Waals surface area contributed by atoms with E-state index in [9.17, 15) is 30.3 Å². The highest BCUT2D eigenvalue weighted by Crippen LogP contribution is 2.30. The molecule has 10 atom stereocenters. The number of aliphatic hydroxyl groups is 5. The number of hydrogen-bond donors (Lipinski definition) is 6. The molecule has 28 heavy (non-hydrogen) atoms. The number of nitrogens with one attached hydrogen (secondary N) is 1. The van der Waals surface area contributed by atoms with E-state index >= 15 is 0 Å². The lowest BCUT2D eigenvalue weighted by Gasteiger charge is -2.44. The maximum Gasteiger partial charge on any atom is 0.240 e. The van der Waals surface area contributed by atoms with Gasteiger partial charge in [-0.05, 0) is 32.6 Å². The van der Waals surface area contributed by atoms with Gasteiger partial charge in [0.05, 0.1) is 18.2 Å².